The first-order chi connectivity index (χ1) is 7.27. The predicted octanol–water partition coefficient (Wildman–Crippen LogP) is 2.76. The van der Waals surface area contributed by atoms with E-state index in [2.05, 4.69) is 17.0 Å². The monoisotopic (exact) mass is 201 g/mol. The molecule has 0 radical (unpaired) electrons. The Bertz CT molecular complexity index is 381. The van der Waals surface area contributed by atoms with Crippen LogP contribution in [0.2, 0.25) is 0 Å². The number of anilines is 1. The van der Waals surface area contributed by atoms with Crippen LogP contribution in [0.3, 0.4) is 0 Å². The van der Waals surface area contributed by atoms with Gasteiger partial charge in [-0.25, -0.2) is 0 Å². The van der Waals surface area contributed by atoms with Gasteiger partial charge in [0.1, 0.15) is 0 Å². The fraction of sp³-hybridized carbons (Fsp3) is 0.308. The second kappa shape index (κ2) is 4.30. The van der Waals surface area contributed by atoms with Crippen molar-refractivity contribution in [2.75, 3.05) is 11.9 Å². The van der Waals surface area contributed by atoms with Crippen molar-refractivity contribution in [3.63, 3.8) is 0 Å². The van der Waals surface area contributed by atoms with Gasteiger partial charge in [-0.15, -0.1) is 0 Å². The Kier molecular flexibility index (Phi) is 2.86. The molecular formula is C13H15NO. The average Bonchev–Trinajstić information content (AvgIpc) is 2.29. The van der Waals surface area contributed by atoms with E-state index in [0.717, 1.165) is 24.2 Å². The Morgan fingerprint density at radius 2 is 1.87 bits per heavy atom. The highest BCUT2D eigenvalue weighted by atomic mass is 16.1. The Morgan fingerprint density at radius 3 is 2.53 bits per heavy atom. The van der Waals surface area contributed by atoms with Gasteiger partial charge in [-0.05, 0) is 25.0 Å². The topological polar surface area (TPSA) is 20.3 Å². The van der Waals surface area contributed by atoms with Crippen molar-refractivity contribution in [3.05, 3.63) is 42.1 Å². The number of ketones is 1. The largest absolute Gasteiger partial charge is 0.348 e. The smallest absolute Gasteiger partial charge is 0.157 e. The minimum Gasteiger partial charge on any atom is -0.348 e. The van der Waals surface area contributed by atoms with E-state index in [4.69, 9.17) is 0 Å². The van der Waals surface area contributed by atoms with Crippen molar-refractivity contribution >= 4 is 11.5 Å². The predicted molar refractivity (Wildman–Crippen MR) is 61.8 cm³/mol. The van der Waals surface area contributed by atoms with E-state index in [9.17, 15) is 4.79 Å². The number of benzene rings is 1. The van der Waals surface area contributed by atoms with Crippen LogP contribution in [0.25, 0.3) is 0 Å². The number of para-hydroxylation sites is 1. The molecule has 0 unspecified atom stereocenters. The summed E-state index contributed by atoms with van der Waals surface area (Å²) in [6, 6.07) is 10.1. The van der Waals surface area contributed by atoms with Gasteiger partial charge >= 0.3 is 0 Å². The number of carbonyl (C=O) groups is 1. The van der Waals surface area contributed by atoms with Crippen LogP contribution in [0.4, 0.5) is 5.69 Å². The molecule has 78 valence electrons. The van der Waals surface area contributed by atoms with E-state index in [-0.39, 0.29) is 5.78 Å². The molecule has 0 aliphatic heterocycles. The van der Waals surface area contributed by atoms with Crippen molar-refractivity contribution in [1.82, 2.24) is 0 Å². The van der Waals surface area contributed by atoms with Crippen molar-refractivity contribution in [3.8, 4) is 0 Å². The highest BCUT2D eigenvalue weighted by Gasteiger charge is 2.13. The third-order valence-corrected chi connectivity index (χ3v) is 2.76. The van der Waals surface area contributed by atoms with Gasteiger partial charge < -0.3 is 4.90 Å². The summed E-state index contributed by atoms with van der Waals surface area (Å²) < 4.78 is 0. The van der Waals surface area contributed by atoms with Crippen molar-refractivity contribution in [2.45, 2.75) is 19.3 Å². The number of carbonyl (C=O) groups excluding carboxylic acids is 1. The van der Waals surface area contributed by atoms with Gasteiger partial charge in [-0.2, -0.15) is 0 Å². The van der Waals surface area contributed by atoms with Crippen LogP contribution in [0.15, 0.2) is 42.1 Å². The molecule has 2 heteroatoms. The van der Waals surface area contributed by atoms with Crippen LogP contribution in [0, 0.1) is 0 Å². The minimum absolute atomic E-state index is 0.249. The van der Waals surface area contributed by atoms with E-state index in [0.29, 0.717) is 6.42 Å². The normalized spacial score (nSPS) is 16.1. The molecule has 0 saturated carbocycles. The Labute approximate surface area is 90.2 Å². The molecule has 2 rings (SSSR count). The number of hydrogen-bond donors (Lipinski definition) is 0. The number of hydrogen-bond acceptors (Lipinski definition) is 2. The quantitative estimate of drug-likeness (QED) is 0.733. The van der Waals surface area contributed by atoms with Crippen LogP contribution >= 0.6 is 0 Å². The van der Waals surface area contributed by atoms with Gasteiger partial charge in [0.2, 0.25) is 0 Å². The van der Waals surface area contributed by atoms with Crippen LogP contribution in [0.5, 0.6) is 0 Å². The molecule has 15 heavy (non-hydrogen) atoms. The summed E-state index contributed by atoms with van der Waals surface area (Å²) in [7, 11) is 2.01. The lowest BCUT2D eigenvalue weighted by Crippen LogP contribution is -2.20. The van der Waals surface area contributed by atoms with E-state index in [1.165, 1.54) is 0 Å². The van der Waals surface area contributed by atoms with Crippen LogP contribution in [-0.4, -0.2) is 12.8 Å². The second-order valence-electron chi connectivity index (χ2n) is 3.85. The average molecular weight is 201 g/mol. The van der Waals surface area contributed by atoms with Crippen molar-refractivity contribution < 1.29 is 4.79 Å². The number of rotatable bonds is 2. The summed E-state index contributed by atoms with van der Waals surface area (Å²) in [6.45, 7) is 0. The first-order valence-electron chi connectivity index (χ1n) is 5.29. The maximum absolute atomic E-state index is 11.3. The summed E-state index contributed by atoms with van der Waals surface area (Å²) in [6.07, 6.45) is 4.45. The molecule has 0 saturated heterocycles. The lowest BCUT2D eigenvalue weighted by atomic mass is 10.0. The highest BCUT2D eigenvalue weighted by Crippen LogP contribution is 2.23. The molecule has 0 aromatic heterocycles. The molecule has 2 nitrogen and oxygen atoms in total. The fourth-order valence-corrected chi connectivity index (χ4v) is 1.86. The van der Waals surface area contributed by atoms with Crippen molar-refractivity contribution in [1.29, 1.82) is 0 Å². The highest BCUT2D eigenvalue weighted by molar-refractivity contribution is 5.91. The molecular weight excluding hydrogens is 186 g/mol. The van der Waals surface area contributed by atoms with Gasteiger partial charge in [-0.3, -0.25) is 4.79 Å². The molecule has 0 amide bonds. The van der Waals surface area contributed by atoms with Gasteiger partial charge in [0.05, 0.1) is 0 Å². The molecule has 0 bridgehead atoms. The first kappa shape index (κ1) is 9.97. The fourth-order valence-electron chi connectivity index (χ4n) is 1.86. The van der Waals surface area contributed by atoms with E-state index < -0.39 is 0 Å². The van der Waals surface area contributed by atoms with Crippen LogP contribution < -0.4 is 4.90 Å². The summed E-state index contributed by atoms with van der Waals surface area (Å²) in [4.78, 5) is 13.4. The lowest BCUT2D eigenvalue weighted by Gasteiger charge is -2.24. The van der Waals surface area contributed by atoms with Crippen LogP contribution in [0.1, 0.15) is 19.3 Å². The molecule has 1 aromatic carbocycles. The zero-order valence-corrected chi connectivity index (χ0v) is 8.94. The number of nitrogens with zero attached hydrogens (tertiary/aromatic N) is 1. The Hall–Kier alpha value is -1.57. The molecule has 0 N–H and O–H groups in total. The maximum Gasteiger partial charge on any atom is 0.157 e. The third-order valence-electron chi connectivity index (χ3n) is 2.76. The van der Waals surface area contributed by atoms with E-state index >= 15 is 0 Å². The van der Waals surface area contributed by atoms with E-state index in [1.54, 1.807) is 6.08 Å². The van der Waals surface area contributed by atoms with E-state index in [1.807, 2.05) is 25.2 Å². The van der Waals surface area contributed by atoms with Gasteiger partial charge in [0.25, 0.3) is 0 Å². The molecule has 0 fully saturated rings. The summed E-state index contributed by atoms with van der Waals surface area (Å²) in [5, 5.41) is 0. The zero-order chi connectivity index (χ0) is 10.7. The molecule has 0 atom stereocenters. The zero-order valence-electron chi connectivity index (χ0n) is 8.94. The van der Waals surface area contributed by atoms with Gasteiger partial charge in [-0.1, -0.05) is 18.2 Å². The Balaban J connectivity index is 2.21. The first-order valence-corrected chi connectivity index (χ1v) is 5.29. The number of allylic oxidation sites excluding steroid dienone is 2. The molecule has 1 aromatic rings. The summed E-state index contributed by atoms with van der Waals surface area (Å²) in [5.41, 5.74) is 2.26. The Morgan fingerprint density at radius 1 is 1.13 bits per heavy atom. The van der Waals surface area contributed by atoms with Crippen molar-refractivity contribution in [2.24, 2.45) is 0 Å². The SMILES string of the molecule is CN(C1=CC(=O)CCC1)c1ccccc1. The minimum atomic E-state index is 0.249. The molecule has 0 spiro atoms. The summed E-state index contributed by atoms with van der Waals surface area (Å²) >= 11 is 0. The molecule has 0 heterocycles. The molecule has 1 aliphatic carbocycles. The third kappa shape index (κ3) is 2.27. The summed E-state index contributed by atoms with van der Waals surface area (Å²) in [5.74, 6) is 0.249. The molecule has 1 aliphatic rings. The second-order valence-corrected chi connectivity index (χ2v) is 3.85. The van der Waals surface area contributed by atoms with Crippen LogP contribution in [-0.2, 0) is 4.79 Å². The standard InChI is InChI=1S/C13H15NO/c1-14(11-6-3-2-4-7-11)12-8-5-9-13(15)10-12/h2-4,6-7,10H,5,8-9H2,1H3. The lowest BCUT2D eigenvalue weighted by molar-refractivity contribution is -0.115. The van der Waals surface area contributed by atoms with Gasteiger partial charge in [0, 0.05) is 30.9 Å². The maximum atomic E-state index is 11.3. The van der Waals surface area contributed by atoms with Gasteiger partial charge in [0.15, 0.2) is 5.78 Å².